The molecule has 3 aliphatic heterocycles. The van der Waals surface area contributed by atoms with E-state index >= 15 is 0 Å². The Hall–Kier alpha value is -2.71. The van der Waals surface area contributed by atoms with Crippen molar-refractivity contribution in [3.63, 3.8) is 0 Å². The Balaban J connectivity index is 1.46. The molecule has 0 saturated carbocycles. The molecule has 9 heteroatoms. The minimum Gasteiger partial charge on any atom is -0.361 e. The van der Waals surface area contributed by atoms with Gasteiger partial charge in [0.2, 0.25) is 11.8 Å². The van der Waals surface area contributed by atoms with E-state index < -0.39 is 0 Å². The number of hydrogen-bond donors (Lipinski definition) is 0. The summed E-state index contributed by atoms with van der Waals surface area (Å²) in [5, 5.41) is 8.03. The molecular weight excluding hydrogens is 348 g/mol. The van der Waals surface area contributed by atoms with Crippen molar-refractivity contribution in [2.24, 2.45) is 5.92 Å². The second-order valence-electron chi connectivity index (χ2n) is 7.40. The highest BCUT2D eigenvalue weighted by molar-refractivity contribution is 5.83. The molecule has 144 valence electrons. The maximum Gasteiger partial charge on any atom is 0.228 e. The van der Waals surface area contributed by atoms with Crippen LogP contribution < -0.4 is 0 Å². The van der Waals surface area contributed by atoms with Crippen LogP contribution in [0.1, 0.15) is 36.3 Å². The third kappa shape index (κ3) is 3.45. The summed E-state index contributed by atoms with van der Waals surface area (Å²) in [6.45, 7) is 5.86. The van der Waals surface area contributed by atoms with Gasteiger partial charge < -0.3 is 14.3 Å². The summed E-state index contributed by atoms with van der Waals surface area (Å²) < 4.78 is 6.90. The third-order valence-corrected chi connectivity index (χ3v) is 5.68. The summed E-state index contributed by atoms with van der Waals surface area (Å²) in [6.07, 6.45) is 5.19. The Labute approximate surface area is 157 Å². The summed E-state index contributed by atoms with van der Waals surface area (Å²) in [5.41, 5.74) is 1.79. The van der Waals surface area contributed by atoms with Gasteiger partial charge >= 0.3 is 0 Å². The van der Waals surface area contributed by atoms with Gasteiger partial charge in [-0.25, -0.2) is 4.98 Å². The van der Waals surface area contributed by atoms with Gasteiger partial charge in [-0.1, -0.05) is 5.16 Å². The van der Waals surface area contributed by atoms with Gasteiger partial charge in [-0.05, 0) is 26.7 Å². The minimum atomic E-state index is -0.125. The highest BCUT2D eigenvalue weighted by atomic mass is 16.5. The van der Waals surface area contributed by atoms with Gasteiger partial charge in [-0.15, -0.1) is 0 Å². The van der Waals surface area contributed by atoms with Crippen LogP contribution in [-0.4, -0.2) is 60.7 Å². The minimum absolute atomic E-state index is 0.0419. The number of rotatable bonds is 5. The zero-order chi connectivity index (χ0) is 19.0. The molecule has 2 bridgehead atoms. The smallest absolute Gasteiger partial charge is 0.228 e. The van der Waals surface area contributed by atoms with Gasteiger partial charge in [0.25, 0.3) is 0 Å². The van der Waals surface area contributed by atoms with E-state index in [-0.39, 0.29) is 23.8 Å². The molecule has 5 heterocycles. The molecule has 9 nitrogen and oxygen atoms in total. The van der Waals surface area contributed by atoms with Crippen LogP contribution in [0.4, 0.5) is 0 Å². The molecule has 0 spiro atoms. The molecule has 2 atom stereocenters. The lowest BCUT2D eigenvalue weighted by Crippen LogP contribution is -2.47. The number of hydrogen-bond acceptors (Lipinski definition) is 6. The lowest BCUT2D eigenvalue weighted by molar-refractivity contribution is -0.140. The summed E-state index contributed by atoms with van der Waals surface area (Å²) in [4.78, 5) is 33.4. The van der Waals surface area contributed by atoms with E-state index in [1.807, 2.05) is 23.6 Å². The van der Waals surface area contributed by atoms with E-state index in [9.17, 15) is 9.59 Å². The van der Waals surface area contributed by atoms with Gasteiger partial charge in [0.1, 0.15) is 18.4 Å². The molecule has 3 aliphatic rings. The summed E-state index contributed by atoms with van der Waals surface area (Å²) >= 11 is 0. The molecule has 2 aromatic heterocycles. The molecule has 0 aliphatic carbocycles. The number of carbonyl (C=O) groups excluding carboxylic acids is 2. The Bertz CT molecular complexity index is 811. The van der Waals surface area contributed by atoms with Crippen molar-refractivity contribution in [2.75, 3.05) is 13.1 Å². The molecule has 3 saturated heterocycles. The standard InChI is InChI=1S/C18H24N6O3/c1-12-16(13(2)27-21-12)9-24-15-4-3-14(18(24)26)7-22(8-15)17(25)5-6-23-11-19-10-20-23/h10-11,14-15H,3-9H2,1-2H3/t14-,15+/m1/s1. The van der Waals surface area contributed by atoms with Crippen LogP contribution in [0.25, 0.3) is 0 Å². The average molecular weight is 372 g/mol. The Morgan fingerprint density at radius 2 is 2.15 bits per heavy atom. The van der Waals surface area contributed by atoms with Crippen molar-refractivity contribution >= 4 is 11.8 Å². The summed E-state index contributed by atoms with van der Waals surface area (Å²) in [6, 6.07) is 0.0419. The molecule has 2 amide bonds. The van der Waals surface area contributed by atoms with Crippen LogP contribution in [-0.2, 0) is 22.7 Å². The van der Waals surface area contributed by atoms with Crippen molar-refractivity contribution in [2.45, 2.75) is 52.2 Å². The van der Waals surface area contributed by atoms with Gasteiger partial charge in [0.05, 0.1) is 24.7 Å². The SMILES string of the molecule is Cc1noc(C)c1CN1C(=O)[C@@H]2CC[C@H]1CN(C(=O)CCn1cncn1)C2. The van der Waals surface area contributed by atoms with Crippen LogP contribution in [0.3, 0.4) is 0 Å². The highest BCUT2D eigenvalue weighted by Gasteiger charge is 2.42. The Morgan fingerprint density at radius 3 is 2.85 bits per heavy atom. The zero-order valence-corrected chi connectivity index (χ0v) is 15.7. The van der Waals surface area contributed by atoms with E-state index in [1.54, 1.807) is 11.0 Å². The number of aryl methyl sites for hydroxylation is 3. The molecule has 0 aromatic carbocycles. The number of amides is 2. The first kappa shape index (κ1) is 17.7. The van der Waals surface area contributed by atoms with Gasteiger partial charge in [-0.3, -0.25) is 14.3 Å². The fourth-order valence-corrected chi connectivity index (χ4v) is 4.07. The largest absolute Gasteiger partial charge is 0.361 e. The Kier molecular flexibility index (Phi) is 4.67. The second kappa shape index (κ2) is 7.13. The normalized spacial score (nSPS) is 22.4. The van der Waals surface area contributed by atoms with E-state index in [0.717, 1.165) is 29.9 Å². The monoisotopic (exact) mass is 372 g/mol. The van der Waals surface area contributed by atoms with Gasteiger partial charge in [0, 0.05) is 31.1 Å². The molecule has 0 unspecified atom stereocenters. The molecule has 2 aromatic rings. The molecule has 0 N–H and O–H groups in total. The third-order valence-electron chi connectivity index (χ3n) is 5.68. The van der Waals surface area contributed by atoms with Crippen LogP contribution >= 0.6 is 0 Å². The first-order valence-corrected chi connectivity index (χ1v) is 9.35. The maximum absolute atomic E-state index is 13.0. The quantitative estimate of drug-likeness (QED) is 0.774. The van der Waals surface area contributed by atoms with Crippen molar-refractivity contribution in [1.29, 1.82) is 0 Å². The van der Waals surface area contributed by atoms with Crippen molar-refractivity contribution in [3.8, 4) is 0 Å². The first-order chi connectivity index (χ1) is 13.0. The predicted octanol–water partition coefficient (Wildman–Crippen LogP) is 0.923. The maximum atomic E-state index is 13.0. The number of piperidine rings is 1. The number of fused-ring (bicyclic) bond motifs is 4. The summed E-state index contributed by atoms with van der Waals surface area (Å²) in [5.74, 6) is 0.827. The molecule has 5 rings (SSSR count). The molecule has 0 radical (unpaired) electrons. The number of nitrogens with zero attached hydrogens (tertiary/aromatic N) is 6. The molecule has 27 heavy (non-hydrogen) atoms. The number of carbonyl (C=O) groups is 2. The lowest BCUT2D eigenvalue weighted by Gasteiger charge is -2.35. The Morgan fingerprint density at radius 1 is 1.30 bits per heavy atom. The van der Waals surface area contributed by atoms with Crippen LogP contribution in [0.2, 0.25) is 0 Å². The fraction of sp³-hybridized carbons (Fsp3) is 0.611. The highest BCUT2D eigenvalue weighted by Crippen LogP contribution is 2.31. The first-order valence-electron chi connectivity index (χ1n) is 9.35. The summed E-state index contributed by atoms with van der Waals surface area (Å²) in [7, 11) is 0. The van der Waals surface area contributed by atoms with Crippen molar-refractivity contribution in [1.82, 2.24) is 29.7 Å². The molecule has 3 fully saturated rings. The fourth-order valence-electron chi connectivity index (χ4n) is 4.07. The van der Waals surface area contributed by atoms with Gasteiger partial charge in [0.15, 0.2) is 0 Å². The van der Waals surface area contributed by atoms with E-state index in [2.05, 4.69) is 15.2 Å². The van der Waals surface area contributed by atoms with Crippen LogP contribution in [0.15, 0.2) is 17.2 Å². The predicted molar refractivity (Wildman–Crippen MR) is 94.3 cm³/mol. The van der Waals surface area contributed by atoms with Crippen molar-refractivity contribution < 1.29 is 14.1 Å². The lowest BCUT2D eigenvalue weighted by atomic mass is 9.93. The molecular formula is C18H24N6O3. The van der Waals surface area contributed by atoms with Crippen LogP contribution in [0.5, 0.6) is 0 Å². The van der Waals surface area contributed by atoms with Crippen molar-refractivity contribution in [3.05, 3.63) is 29.7 Å². The van der Waals surface area contributed by atoms with Crippen LogP contribution in [0, 0.1) is 19.8 Å². The number of aromatic nitrogens is 4. The van der Waals surface area contributed by atoms with E-state index in [0.29, 0.717) is 32.6 Å². The van der Waals surface area contributed by atoms with Gasteiger partial charge in [-0.2, -0.15) is 5.10 Å². The second-order valence-corrected chi connectivity index (χ2v) is 7.40. The topological polar surface area (TPSA) is 97.4 Å². The zero-order valence-electron chi connectivity index (χ0n) is 15.7. The van der Waals surface area contributed by atoms with E-state index in [1.165, 1.54) is 6.33 Å². The van der Waals surface area contributed by atoms with E-state index in [4.69, 9.17) is 4.52 Å². The average Bonchev–Trinajstić information content (AvgIpc) is 3.18.